The molecular weight excluding hydrogens is 318 g/mol. The van der Waals surface area contributed by atoms with Crippen molar-refractivity contribution in [2.24, 2.45) is 0 Å². The average molecular weight is 326 g/mol. The summed E-state index contributed by atoms with van der Waals surface area (Å²) < 4.78 is 25.0. The van der Waals surface area contributed by atoms with E-state index in [9.17, 15) is 23.3 Å². The maximum absolute atomic E-state index is 12.5. The lowest BCUT2D eigenvalue weighted by Crippen LogP contribution is -2.07. The SMILES string of the molecule is O=C(Cl)c1ccccc1S(=O)(=O)c1cccc([N+](=O)[O-])c1. The summed E-state index contributed by atoms with van der Waals surface area (Å²) in [6.45, 7) is 0. The molecule has 0 heterocycles. The van der Waals surface area contributed by atoms with E-state index in [2.05, 4.69) is 0 Å². The lowest BCUT2D eigenvalue weighted by Gasteiger charge is -2.07. The Morgan fingerprint density at radius 1 is 1.10 bits per heavy atom. The minimum Gasteiger partial charge on any atom is -0.276 e. The number of carbonyl (C=O) groups is 1. The maximum atomic E-state index is 12.5. The number of hydrogen-bond donors (Lipinski definition) is 0. The Morgan fingerprint density at radius 3 is 2.38 bits per heavy atom. The first-order valence-corrected chi connectivity index (χ1v) is 7.48. The van der Waals surface area contributed by atoms with Gasteiger partial charge in [0.2, 0.25) is 9.84 Å². The van der Waals surface area contributed by atoms with Crippen LogP contribution in [0.1, 0.15) is 10.4 Å². The van der Waals surface area contributed by atoms with E-state index < -0.39 is 20.0 Å². The molecule has 0 spiro atoms. The average Bonchev–Trinajstić information content (AvgIpc) is 2.47. The first kappa shape index (κ1) is 15.1. The van der Waals surface area contributed by atoms with Crippen LogP contribution >= 0.6 is 11.6 Å². The van der Waals surface area contributed by atoms with Gasteiger partial charge in [0.05, 0.1) is 20.3 Å². The molecule has 2 rings (SSSR count). The van der Waals surface area contributed by atoms with E-state index in [1.807, 2.05) is 0 Å². The van der Waals surface area contributed by atoms with E-state index in [0.29, 0.717) is 0 Å². The predicted molar refractivity (Wildman–Crippen MR) is 75.2 cm³/mol. The highest BCUT2D eigenvalue weighted by Crippen LogP contribution is 2.27. The van der Waals surface area contributed by atoms with E-state index in [1.165, 1.54) is 42.5 Å². The zero-order valence-electron chi connectivity index (χ0n) is 10.4. The number of benzene rings is 2. The topological polar surface area (TPSA) is 94.3 Å². The molecule has 0 aromatic heterocycles. The molecule has 0 saturated carbocycles. The van der Waals surface area contributed by atoms with Crippen LogP contribution in [-0.2, 0) is 9.84 Å². The summed E-state index contributed by atoms with van der Waals surface area (Å²) in [5, 5.41) is 9.81. The normalized spacial score (nSPS) is 11.1. The summed E-state index contributed by atoms with van der Waals surface area (Å²) in [6.07, 6.45) is 0. The first-order chi connectivity index (χ1) is 9.84. The van der Waals surface area contributed by atoms with Crippen molar-refractivity contribution < 1.29 is 18.1 Å². The minimum atomic E-state index is -4.08. The zero-order valence-corrected chi connectivity index (χ0v) is 12.0. The molecule has 0 N–H and O–H groups in total. The third-order valence-corrected chi connectivity index (χ3v) is 4.74. The van der Waals surface area contributed by atoms with Crippen LogP contribution in [0.5, 0.6) is 0 Å². The van der Waals surface area contributed by atoms with Gasteiger partial charge in [-0.25, -0.2) is 8.42 Å². The Labute approximate surface area is 125 Å². The third-order valence-electron chi connectivity index (χ3n) is 2.73. The van der Waals surface area contributed by atoms with Crippen LogP contribution in [0, 0.1) is 10.1 Å². The van der Waals surface area contributed by atoms with Crippen LogP contribution in [0.2, 0.25) is 0 Å². The molecule has 6 nitrogen and oxygen atoms in total. The number of carbonyl (C=O) groups excluding carboxylic acids is 1. The van der Waals surface area contributed by atoms with Crippen LogP contribution in [0.25, 0.3) is 0 Å². The van der Waals surface area contributed by atoms with Gasteiger partial charge in [-0.3, -0.25) is 14.9 Å². The second kappa shape index (κ2) is 5.63. The quantitative estimate of drug-likeness (QED) is 0.489. The largest absolute Gasteiger partial charge is 0.276 e. The Bertz CT molecular complexity index is 832. The van der Waals surface area contributed by atoms with Gasteiger partial charge in [0, 0.05) is 12.1 Å². The zero-order chi connectivity index (χ0) is 15.6. The number of nitrogens with zero attached hydrogens (tertiary/aromatic N) is 1. The summed E-state index contributed by atoms with van der Waals surface area (Å²) in [4.78, 5) is 20.8. The van der Waals surface area contributed by atoms with Crippen molar-refractivity contribution in [2.75, 3.05) is 0 Å². The van der Waals surface area contributed by atoms with E-state index in [1.54, 1.807) is 0 Å². The Kier molecular flexibility index (Phi) is 4.06. The monoisotopic (exact) mass is 325 g/mol. The molecule has 0 amide bonds. The number of halogens is 1. The van der Waals surface area contributed by atoms with Crippen molar-refractivity contribution in [3.63, 3.8) is 0 Å². The second-order valence-electron chi connectivity index (χ2n) is 4.03. The smallest absolute Gasteiger partial charge is 0.270 e. The molecule has 0 atom stereocenters. The van der Waals surface area contributed by atoms with Gasteiger partial charge in [0.25, 0.3) is 10.9 Å². The molecule has 8 heteroatoms. The van der Waals surface area contributed by atoms with Crippen LogP contribution < -0.4 is 0 Å². The van der Waals surface area contributed by atoms with Crippen LogP contribution in [0.15, 0.2) is 58.3 Å². The molecule has 0 bridgehead atoms. The molecule has 0 radical (unpaired) electrons. The molecule has 21 heavy (non-hydrogen) atoms. The van der Waals surface area contributed by atoms with Crippen LogP contribution in [0.3, 0.4) is 0 Å². The highest BCUT2D eigenvalue weighted by Gasteiger charge is 2.24. The second-order valence-corrected chi connectivity index (χ2v) is 6.29. The van der Waals surface area contributed by atoms with Crippen molar-refractivity contribution in [2.45, 2.75) is 9.79 Å². The fourth-order valence-corrected chi connectivity index (χ4v) is 3.47. The minimum absolute atomic E-state index is 0.175. The van der Waals surface area contributed by atoms with Crippen molar-refractivity contribution in [1.29, 1.82) is 0 Å². The summed E-state index contributed by atoms with van der Waals surface area (Å²) in [5.74, 6) is 0. The van der Waals surface area contributed by atoms with Crippen molar-refractivity contribution in [3.8, 4) is 0 Å². The lowest BCUT2D eigenvalue weighted by molar-refractivity contribution is -0.385. The predicted octanol–water partition coefficient (Wildman–Crippen LogP) is 2.81. The molecule has 2 aromatic rings. The van der Waals surface area contributed by atoms with Gasteiger partial charge in [0.1, 0.15) is 0 Å². The van der Waals surface area contributed by atoms with Gasteiger partial charge >= 0.3 is 0 Å². The number of nitro groups is 1. The molecule has 0 unspecified atom stereocenters. The third kappa shape index (κ3) is 2.93. The van der Waals surface area contributed by atoms with E-state index in [4.69, 9.17) is 11.6 Å². The fourth-order valence-electron chi connectivity index (χ4n) is 1.75. The van der Waals surface area contributed by atoms with Crippen molar-refractivity contribution in [3.05, 3.63) is 64.2 Å². The van der Waals surface area contributed by atoms with Crippen molar-refractivity contribution >= 4 is 32.4 Å². The number of non-ortho nitro benzene ring substituents is 1. The number of hydrogen-bond acceptors (Lipinski definition) is 5. The molecule has 2 aromatic carbocycles. The van der Waals surface area contributed by atoms with E-state index >= 15 is 0 Å². The highest BCUT2D eigenvalue weighted by atomic mass is 35.5. The Morgan fingerprint density at radius 2 is 1.76 bits per heavy atom. The van der Waals surface area contributed by atoms with Gasteiger partial charge in [0.15, 0.2) is 0 Å². The molecular formula is C13H8ClNO5S. The number of rotatable bonds is 4. The lowest BCUT2D eigenvalue weighted by atomic mass is 10.2. The maximum Gasteiger partial charge on any atom is 0.270 e. The fraction of sp³-hybridized carbons (Fsp3) is 0. The molecule has 0 aliphatic heterocycles. The highest BCUT2D eigenvalue weighted by molar-refractivity contribution is 7.91. The summed E-state index contributed by atoms with van der Waals surface area (Å²) in [7, 11) is -4.08. The summed E-state index contributed by atoms with van der Waals surface area (Å²) in [6, 6.07) is 10.0. The summed E-state index contributed by atoms with van der Waals surface area (Å²) in [5.41, 5.74) is -0.531. The van der Waals surface area contributed by atoms with Gasteiger partial charge in [-0.1, -0.05) is 18.2 Å². The number of sulfone groups is 1. The molecule has 0 saturated heterocycles. The Hall–Kier alpha value is -2.25. The number of nitro benzene ring substituents is 1. The van der Waals surface area contributed by atoms with Gasteiger partial charge in [-0.05, 0) is 29.8 Å². The molecule has 0 aliphatic carbocycles. The van der Waals surface area contributed by atoms with Crippen molar-refractivity contribution in [1.82, 2.24) is 0 Å². The summed E-state index contributed by atoms with van der Waals surface area (Å²) >= 11 is 5.37. The van der Waals surface area contributed by atoms with Gasteiger partial charge in [-0.2, -0.15) is 0 Å². The van der Waals surface area contributed by atoms with Crippen LogP contribution in [-0.4, -0.2) is 18.6 Å². The Balaban J connectivity index is 2.66. The van der Waals surface area contributed by atoms with E-state index in [-0.39, 0.29) is 21.0 Å². The standard InChI is InChI=1S/C13H8ClNO5S/c14-13(16)11-6-1-2-7-12(11)21(19,20)10-5-3-4-9(8-10)15(17)18/h1-8H. The van der Waals surface area contributed by atoms with Crippen LogP contribution in [0.4, 0.5) is 5.69 Å². The molecule has 0 fully saturated rings. The van der Waals surface area contributed by atoms with Gasteiger partial charge < -0.3 is 0 Å². The molecule has 0 aliphatic rings. The first-order valence-electron chi connectivity index (χ1n) is 5.62. The van der Waals surface area contributed by atoms with Gasteiger partial charge in [-0.15, -0.1) is 0 Å². The molecule has 108 valence electrons. The van der Waals surface area contributed by atoms with E-state index in [0.717, 1.165) is 6.07 Å².